The summed E-state index contributed by atoms with van der Waals surface area (Å²) in [6.07, 6.45) is 2.93. The van der Waals surface area contributed by atoms with E-state index in [9.17, 15) is 19.7 Å². The van der Waals surface area contributed by atoms with E-state index in [0.29, 0.717) is 22.1 Å². The average Bonchev–Trinajstić information content (AvgIpc) is 2.71. The Balaban J connectivity index is 1.73. The van der Waals surface area contributed by atoms with Crippen molar-refractivity contribution >= 4 is 35.3 Å². The number of amides is 2. The molecular formula is C20H16ClN3O6. The number of nitrogens with one attached hydrogen (secondary N) is 1. The van der Waals surface area contributed by atoms with Gasteiger partial charge in [-0.15, -0.1) is 0 Å². The van der Waals surface area contributed by atoms with Crippen molar-refractivity contribution in [3.05, 3.63) is 74.8 Å². The molecule has 1 N–H and O–H groups in total. The summed E-state index contributed by atoms with van der Waals surface area (Å²) in [5.74, 6) is -1.27. The van der Waals surface area contributed by atoms with E-state index < -0.39 is 22.8 Å². The number of carbonyl (C=O) groups is 2. The third kappa shape index (κ3) is 4.81. The molecule has 3 rings (SSSR count). The van der Waals surface area contributed by atoms with Gasteiger partial charge in [0.2, 0.25) is 0 Å². The lowest BCUT2D eigenvalue weighted by atomic mass is 10.1. The maximum absolute atomic E-state index is 11.7. The maximum Gasteiger partial charge on any atom is 0.368 e. The number of methoxy groups -OCH3 is 1. The molecule has 2 amide bonds. The third-order valence-electron chi connectivity index (χ3n) is 4.14. The smallest absolute Gasteiger partial charge is 0.368 e. The molecule has 9 nitrogen and oxygen atoms in total. The summed E-state index contributed by atoms with van der Waals surface area (Å²) < 4.78 is 11.1. The average molecular weight is 430 g/mol. The van der Waals surface area contributed by atoms with E-state index in [1.165, 1.54) is 13.2 Å². The van der Waals surface area contributed by atoms with Gasteiger partial charge in [0.15, 0.2) is 11.5 Å². The van der Waals surface area contributed by atoms with Gasteiger partial charge in [0.1, 0.15) is 12.4 Å². The predicted octanol–water partition coefficient (Wildman–Crippen LogP) is 2.64. The summed E-state index contributed by atoms with van der Waals surface area (Å²) in [7, 11) is 1.49. The highest BCUT2D eigenvalue weighted by molar-refractivity contribution is 6.31. The van der Waals surface area contributed by atoms with E-state index in [-0.39, 0.29) is 12.4 Å². The number of amidine groups is 1. The molecule has 154 valence electrons. The van der Waals surface area contributed by atoms with Gasteiger partial charge in [0, 0.05) is 15.5 Å². The van der Waals surface area contributed by atoms with Crippen LogP contribution < -0.4 is 14.8 Å². The van der Waals surface area contributed by atoms with Crippen molar-refractivity contribution in [2.24, 2.45) is 4.99 Å². The van der Waals surface area contributed by atoms with Crippen LogP contribution in [-0.2, 0) is 16.2 Å². The maximum atomic E-state index is 11.7. The fourth-order valence-corrected chi connectivity index (χ4v) is 2.82. The minimum Gasteiger partial charge on any atom is -0.493 e. The van der Waals surface area contributed by atoms with Crippen molar-refractivity contribution in [3.8, 4) is 11.5 Å². The molecule has 30 heavy (non-hydrogen) atoms. The van der Waals surface area contributed by atoms with Crippen LogP contribution in [0, 0.1) is 10.1 Å². The Morgan fingerprint density at radius 3 is 2.63 bits per heavy atom. The van der Waals surface area contributed by atoms with Gasteiger partial charge in [-0.25, -0.2) is 0 Å². The van der Waals surface area contributed by atoms with Crippen LogP contribution in [0.5, 0.6) is 11.5 Å². The Hall–Kier alpha value is -3.72. The largest absolute Gasteiger partial charge is 0.493 e. The van der Waals surface area contributed by atoms with Gasteiger partial charge in [-0.3, -0.25) is 19.7 Å². The zero-order valence-electron chi connectivity index (χ0n) is 15.7. The number of aliphatic imine (C=N–C) groups is 1. The quantitative estimate of drug-likeness (QED) is 0.410. The lowest BCUT2D eigenvalue weighted by Crippen LogP contribution is -2.50. The van der Waals surface area contributed by atoms with Gasteiger partial charge in [-0.2, -0.15) is 4.99 Å². The molecular weight excluding hydrogens is 414 g/mol. The molecule has 0 aromatic heterocycles. The Morgan fingerprint density at radius 1 is 1.20 bits per heavy atom. The van der Waals surface area contributed by atoms with E-state index >= 15 is 0 Å². The number of carbonyl (C=O) groups excluding carboxylic acids is 2. The standard InChI is InChI=1S/C20H16ClN3O6/c1-29-16-10-12(6-8-15(16)30-11-13-4-2-3-5-14(13)21)7-9-17-22-19(25)18(24(27)28)20(26)23-17/h2-10,18H,11H2,1H3,(H,22,23,25,26)/b9-7+. The van der Waals surface area contributed by atoms with E-state index in [1.807, 2.05) is 18.2 Å². The predicted molar refractivity (Wildman–Crippen MR) is 109 cm³/mol. The second-order valence-corrected chi connectivity index (χ2v) is 6.54. The van der Waals surface area contributed by atoms with Crippen molar-refractivity contribution in [1.29, 1.82) is 0 Å². The molecule has 0 saturated heterocycles. The Kier molecular flexibility index (Phi) is 6.43. The van der Waals surface area contributed by atoms with Crippen LogP contribution in [-0.4, -0.2) is 35.7 Å². The van der Waals surface area contributed by atoms with Crippen molar-refractivity contribution in [3.63, 3.8) is 0 Å². The monoisotopic (exact) mass is 429 g/mol. The van der Waals surface area contributed by atoms with Gasteiger partial charge >= 0.3 is 17.9 Å². The molecule has 2 aromatic rings. The highest BCUT2D eigenvalue weighted by Gasteiger charge is 2.41. The number of nitro groups is 1. The van der Waals surface area contributed by atoms with E-state index in [0.717, 1.165) is 5.56 Å². The fraction of sp³-hybridized carbons (Fsp3) is 0.150. The zero-order chi connectivity index (χ0) is 21.7. The first-order valence-electron chi connectivity index (χ1n) is 8.68. The summed E-state index contributed by atoms with van der Waals surface area (Å²) in [5, 5.41) is 13.6. The number of rotatable bonds is 7. The number of halogens is 1. The van der Waals surface area contributed by atoms with Crippen LogP contribution in [0.4, 0.5) is 0 Å². The molecule has 0 bridgehead atoms. The first kappa shape index (κ1) is 21.0. The second-order valence-electron chi connectivity index (χ2n) is 6.14. The summed E-state index contributed by atoms with van der Waals surface area (Å²) >= 11 is 6.13. The second kappa shape index (κ2) is 9.19. The van der Waals surface area contributed by atoms with Crippen molar-refractivity contribution in [1.82, 2.24) is 5.32 Å². The molecule has 0 spiro atoms. The third-order valence-corrected chi connectivity index (χ3v) is 4.51. The van der Waals surface area contributed by atoms with Crippen LogP contribution >= 0.6 is 11.6 Å². The first-order chi connectivity index (χ1) is 14.4. The minimum absolute atomic E-state index is 0.0823. The number of hydrogen-bond acceptors (Lipinski definition) is 6. The van der Waals surface area contributed by atoms with Crippen LogP contribution in [0.1, 0.15) is 11.1 Å². The van der Waals surface area contributed by atoms with Crippen LogP contribution in [0.25, 0.3) is 6.08 Å². The van der Waals surface area contributed by atoms with Crippen LogP contribution in [0.15, 0.2) is 53.5 Å². The number of nitrogens with zero attached hydrogens (tertiary/aromatic N) is 2. The van der Waals surface area contributed by atoms with E-state index in [2.05, 4.69) is 10.3 Å². The molecule has 1 heterocycles. The number of ether oxygens (including phenoxy) is 2. The van der Waals surface area contributed by atoms with Gasteiger partial charge < -0.3 is 14.8 Å². The lowest BCUT2D eigenvalue weighted by molar-refractivity contribution is -0.493. The molecule has 1 atom stereocenters. The topological polar surface area (TPSA) is 120 Å². The van der Waals surface area contributed by atoms with Crippen molar-refractivity contribution < 1.29 is 24.0 Å². The number of benzene rings is 2. The summed E-state index contributed by atoms with van der Waals surface area (Å²) in [4.78, 5) is 36.6. The lowest BCUT2D eigenvalue weighted by Gasteiger charge is -2.13. The van der Waals surface area contributed by atoms with Gasteiger partial charge in [0.25, 0.3) is 0 Å². The summed E-state index contributed by atoms with van der Waals surface area (Å²) in [5.41, 5.74) is 1.49. The normalized spacial score (nSPS) is 16.2. The van der Waals surface area contributed by atoms with E-state index in [4.69, 9.17) is 21.1 Å². The molecule has 1 unspecified atom stereocenters. The highest BCUT2D eigenvalue weighted by Crippen LogP contribution is 2.30. The fourth-order valence-electron chi connectivity index (χ4n) is 2.63. The number of hydrogen-bond donors (Lipinski definition) is 1. The Morgan fingerprint density at radius 2 is 1.97 bits per heavy atom. The Bertz CT molecular complexity index is 1070. The molecule has 1 aliphatic rings. The molecule has 0 radical (unpaired) electrons. The summed E-state index contributed by atoms with van der Waals surface area (Å²) in [6.45, 7) is 0.258. The van der Waals surface area contributed by atoms with Crippen molar-refractivity contribution in [2.45, 2.75) is 12.6 Å². The molecule has 1 aliphatic heterocycles. The van der Waals surface area contributed by atoms with Crippen LogP contribution in [0.3, 0.4) is 0 Å². The molecule has 0 aliphatic carbocycles. The highest BCUT2D eigenvalue weighted by atomic mass is 35.5. The molecule has 0 fully saturated rings. The van der Waals surface area contributed by atoms with Crippen LogP contribution in [0.2, 0.25) is 5.02 Å². The van der Waals surface area contributed by atoms with E-state index in [1.54, 1.807) is 30.3 Å². The SMILES string of the molecule is COc1cc(/C=C/C2=NC(=O)C([N+](=O)[O-])C(=O)N2)ccc1OCc1ccccc1Cl. The zero-order valence-corrected chi connectivity index (χ0v) is 16.5. The minimum atomic E-state index is -2.02. The first-order valence-corrected chi connectivity index (χ1v) is 9.06. The van der Waals surface area contributed by atoms with Crippen molar-refractivity contribution in [2.75, 3.05) is 7.11 Å². The molecule has 10 heteroatoms. The van der Waals surface area contributed by atoms with Gasteiger partial charge in [-0.1, -0.05) is 41.9 Å². The Labute approximate surface area is 176 Å². The molecule has 0 saturated carbocycles. The van der Waals surface area contributed by atoms with Gasteiger partial charge in [-0.05, 0) is 29.8 Å². The van der Waals surface area contributed by atoms with Gasteiger partial charge in [0.05, 0.1) is 7.11 Å². The molecule has 2 aromatic carbocycles. The summed E-state index contributed by atoms with van der Waals surface area (Å²) in [6, 6.07) is 10.4.